The molecule has 1 rings (SSSR count). The molecular formula is C10H16O3. The second kappa shape index (κ2) is 7.58. The van der Waals surface area contributed by atoms with Crippen molar-refractivity contribution in [3.63, 3.8) is 0 Å². The Kier molecular flexibility index (Phi) is 6.96. The zero-order valence-electron chi connectivity index (χ0n) is 7.72. The summed E-state index contributed by atoms with van der Waals surface area (Å²) in [5, 5.41) is 24.8. The highest BCUT2D eigenvalue weighted by Crippen LogP contribution is 2.02. The first kappa shape index (κ1) is 11.9. The molecule has 0 saturated heterocycles. The normalized spacial score (nSPS) is 9.23. The summed E-state index contributed by atoms with van der Waals surface area (Å²) in [6.45, 7) is 1.90. The topological polar surface area (TPSA) is 60.7 Å². The van der Waals surface area contributed by atoms with E-state index in [2.05, 4.69) is 0 Å². The summed E-state index contributed by atoms with van der Waals surface area (Å²) in [5.41, 5.74) is 0. The van der Waals surface area contributed by atoms with Gasteiger partial charge in [-0.2, -0.15) is 0 Å². The fourth-order valence-electron chi connectivity index (χ4n) is 0.686. The van der Waals surface area contributed by atoms with Crippen LogP contribution in [0, 0.1) is 0 Å². The van der Waals surface area contributed by atoms with Crippen molar-refractivity contribution in [1.82, 2.24) is 0 Å². The molecule has 0 unspecified atom stereocenters. The molecular weight excluding hydrogens is 168 g/mol. The number of hydrogen-bond acceptors (Lipinski definition) is 3. The third kappa shape index (κ3) is 8.85. The van der Waals surface area contributed by atoms with Crippen molar-refractivity contribution in [3.05, 3.63) is 30.3 Å². The van der Waals surface area contributed by atoms with Crippen LogP contribution in [0.2, 0.25) is 0 Å². The molecule has 0 bridgehead atoms. The highest BCUT2D eigenvalue weighted by molar-refractivity contribution is 5.18. The number of benzene rings is 1. The highest BCUT2D eigenvalue weighted by Gasteiger charge is 1.89. The van der Waals surface area contributed by atoms with E-state index in [1.54, 1.807) is 24.3 Å². The minimum Gasteiger partial charge on any atom is -0.508 e. The van der Waals surface area contributed by atoms with Crippen molar-refractivity contribution in [3.8, 4) is 5.75 Å². The van der Waals surface area contributed by atoms with Gasteiger partial charge in [-0.05, 0) is 18.6 Å². The summed E-state index contributed by atoms with van der Waals surface area (Å²) in [6.07, 6.45) is 0.215. The molecule has 3 N–H and O–H groups in total. The summed E-state index contributed by atoms with van der Waals surface area (Å²) in [7, 11) is 0. The van der Waals surface area contributed by atoms with E-state index in [1.807, 2.05) is 13.0 Å². The van der Waals surface area contributed by atoms with Crippen LogP contribution in [0.5, 0.6) is 5.75 Å². The minimum atomic E-state index is -1.10. The first-order chi connectivity index (χ1) is 6.16. The predicted octanol–water partition coefficient (Wildman–Crippen LogP) is 1.49. The number of phenols is 1. The number of aromatic hydroxyl groups is 1. The average Bonchev–Trinajstić information content (AvgIpc) is 2.06. The number of aliphatic hydroxyl groups excluding tert-OH is 1. The van der Waals surface area contributed by atoms with Crippen LogP contribution in [-0.2, 0) is 0 Å². The predicted molar refractivity (Wildman–Crippen MR) is 51.2 cm³/mol. The number of aliphatic hydroxyl groups is 2. The van der Waals surface area contributed by atoms with Crippen LogP contribution in [0.15, 0.2) is 30.3 Å². The number of rotatable bonds is 2. The van der Waals surface area contributed by atoms with Gasteiger partial charge in [-0.1, -0.05) is 31.5 Å². The summed E-state index contributed by atoms with van der Waals surface area (Å²) in [4.78, 5) is 0. The van der Waals surface area contributed by atoms with E-state index < -0.39 is 6.29 Å². The third-order valence-electron chi connectivity index (χ3n) is 1.30. The smallest absolute Gasteiger partial charge is 0.151 e. The zero-order valence-corrected chi connectivity index (χ0v) is 7.72. The molecule has 0 radical (unpaired) electrons. The molecule has 3 nitrogen and oxygen atoms in total. The molecule has 0 heterocycles. The molecule has 0 atom stereocenters. The van der Waals surface area contributed by atoms with Crippen LogP contribution in [-0.4, -0.2) is 21.6 Å². The minimum absolute atomic E-state index is 0.322. The van der Waals surface area contributed by atoms with Gasteiger partial charge in [0.15, 0.2) is 6.29 Å². The molecule has 0 amide bonds. The third-order valence-corrected chi connectivity index (χ3v) is 1.30. The van der Waals surface area contributed by atoms with Gasteiger partial charge in [0, 0.05) is 0 Å². The Bertz CT molecular complexity index is 197. The molecule has 74 valence electrons. The average molecular weight is 184 g/mol. The van der Waals surface area contributed by atoms with Gasteiger partial charge in [-0.3, -0.25) is 0 Å². The van der Waals surface area contributed by atoms with E-state index in [1.165, 1.54) is 0 Å². The Labute approximate surface area is 78.3 Å². The maximum Gasteiger partial charge on any atom is 0.151 e. The lowest BCUT2D eigenvalue weighted by molar-refractivity contribution is -0.0453. The van der Waals surface area contributed by atoms with Gasteiger partial charge in [0.05, 0.1) is 0 Å². The summed E-state index contributed by atoms with van der Waals surface area (Å²) >= 11 is 0. The first-order valence-corrected chi connectivity index (χ1v) is 4.27. The van der Waals surface area contributed by atoms with Crippen molar-refractivity contribution >= 4 is 0 Å². The fraction of sp³-hybridized carbons (Fsp3) is 0.400. The van der Waals surface area contributed by atoms with E-state index in [4.69, 9.17) is 15.3 Å². The van der Waals surface area contributed by atoms with E-state index in [0.29, 0.717) is 12.2 Å². The van der Waals surface area contributed by atoms with E-state index in [9.17, 15) is 0 Å². The van der Waals surface area contributed by atoms with Crippen molar-refractivity contribution in [1.29, 1.82) is 0 Å². The van der Waals surface area contributed by atoms with Gasteiger partial charge in [-0.15, -0.1) is 0 Å². The SMILES string of the molecule is CCCC(O)O.Oc1ccccc1. The lowest BCUT2D eigenvalue weighted by atomic mass is 10.3. The van der Waals surface area contributed by atoms with Crippen molar-refractivity contribution in [2.24, 2.45) is 0 Å². The van der Waals surface area contributed by atoms with Crippen LogP contribution < -0.4 is 0 Å². The zero-order chi connectivity index (χ0) is 10.1. The highest BCUT2D eigenvalue weighted by atomic mass is 16.5. The molecule has 3 heteroatoms. The van der Waals surface area contributed by atoms with Gasteiger partial charge in [-0.25, -0.2) is 0 Å². The Morgan fingerprint density at radius 2 is 1.69 bits per heavy atom. The Balaban J connectivity index is 0.000000226. The quantitative estimate of drug-likeness (QED) is 0.610. The molecule has 13 heavy (non-hydrogen) atoms. The standard InChI is InChI=1S/C6H6O.C4H10O2/c7-6-4-2-1-3-5-6;1-2-3-4(5)6/h1-5,7H;4-6H,2-3H2,1H3. The van der Waals surface area contributed by atoms with Gasteiger partial charge < -0.3 is 15.3 Å². The van der Waals surface area contributed by atoms with Crippen molar-refractivity contribution in [2.45, 2.75) is 26.1 Å². The molecule has 0 aliphatic carbocycles. The van der Waals surface area contributed by atoms with Gasteiger partial charge in [0.25, 0.3) is 0 Å². The van der Waals surface area contributed by atoms with Gasteiger partial charge >= 0.3 is 0 Å². The summed E-state index contributed by atoms with van der Waals surface area (Å²) in [6, 6.07) is 8.71. The van der Waals surface area contributed by atoms with Crippen LogP contribution >= 0.6 is 0 Å². The lowest BCUT2D eigenvalue weighted by Crippen LogP contribution is -2.01. The molecule has 0 fully saturated rings. The number of phenolic OH excluding ortho intramolecular Hbond substituents is 1. The maximum atomic E-state index is 8.63. The van der Waals surface area contributed by atoms with Gasteiger partial charge in [0.1, 0.15) is 5.75 Å². The Morgan fingerprint density at radius 3 is 1.85 bits per heavy atom. The largest absolute Gasteiger partial charge is 0.508 e. The first-order valence-electron chi connectivity index (χ1n) is 4.27. The summed E-state index contributed by atoms with van der Waals surface area (Å²) in [5.74, 6) is 0.322. The number of hydrogen-bond donors (Lipinski definition) is 3. The number of para-hydroxylation sites is 1. The second-order valence-electron chi connectivity index (χ2n) is 2.60. The molecule has 0 aromatic heterocycles. The molecule has 0 aliphatic heterocycles. The van der Waals surface area contributed by atoms with E-state index >= 15 is 0 Å². The molecule has 0 spiro atoms. The molecule has 0 saturated carbocycles. The van der Waals surface area contributed by atoms with Crippen molar-refractivity contribution in [2.75, 3.05) is 0 Å². The summed E-state index contributed by atoms with van der Waals surface area (Å²) < 4.78 is 0. The molecule has 1 aromatic rings. The molecule has 0 aliphatic rings. The lowest BCUT2D eigenvalue weighted by Gasteiger charge is -1.94. The van der Waals surface area contributed by atoms with Crippen LogP contribution in [0.1, 0.15) is 19.8 Å². The molecule has 1 aromatic carbocycles. The maximum absolute atomic E-state index is 8.63. The Hall–Kier alpha value is -1.06. The van der Waals surface area contributed by atoms with E-state index in [-0.39, 0.29) is 0 Å². The van der Waals surface area contributed by atoms with Crippen LogP contribution in [0.25, 0.3) is 0 Å². The van der Waals surface area contributed by atoms with E-state index in [0.717, 1.165) is 6.42 Å². The van der Waals surface area contributed by atoms with Crippen LogP contribution in [0.3, 0.4) is 0 Å². The van der Waals surface area contributed by atoms with Crippen LogP contribution in [0.4, 0.5) is 0 Å². The fourth-order valence-corrected chi connectivity index (χ4v) is 0.686. The second-order valence-corrected chi connectivity index (χ2v) is 2.60. The monoisotopic (exact) mass is 184 g/mol. The van der Waals surface area contributed by atoms with Gasteiger partial charge in [0.2, 0.25) is 0 Å². The Morgan fingerprint density at radius 1 is 1.15 bits per heavy atom. The van der Waals surface area contributed by atoms with Crippen molar-refractivity contribution < 1.29 is 15.3 Å².